The molecule has 0 fully saturated rings. The van der Waals surface area contributed by atoms with Crippen molar-refractivity contribution in [2.24, 2.45) is 0 Å². The average Bonchev–Trinajstić information content (AvgIpc) is 3.45. The summed E-state index contributed by atoms with van der Waals surface area (Å²) >= 11 is 5.80. The van der Waals surface area contributed by atoms with Crippen molar-refractivity contribution in [3.8, 4) is 11.5 Å². The van der Waals surface area contributed by atoms with Crippen LogP contribution in [0.25, 0.3) is 0 Å². The Morgan fingerprint density at radius 3 is 2.68 bits per heavy atom. The summed E-state index contributed by atoms with van der Waals surface area (Å²) in [6.07, 6.45) is 0.823. The molecular weight excluding hydrogens is 414 g/mol. The van der Waals surface area contributed by atoms with E-state index in [1.165, 1.54) is 0 Å². The third-order valence-corrected chi connectivity index (χ3v) is 6.72. The number of anilines is 1. The van der Waals surface area contributed by atoms with Crippen molar-refractivity contribution in [3.05, 3.63) is 88.5 Å². The van der Waals surface area contributed by atoms with Crippen LogP contribution in [-0.2, 0) is 23.2 Å². The normalized spacial score (nSPS) is 20.3. The van der Waals surface area contributed by atoms with Gasteiger partial charge in [0.2, 0.25) is 5.91 Å². The predicted octanol–water partition coefficient (Wildman–Crippen LogP) is 4.23. The molecular formula is C25H18ClNO4. The molecule has 3 aliphatic heterocycles. The zero-order valence-corrected chi connectivity index (χ0v) is 17.3. The summed E-state index contributed by atoms with van der Waals surface area (Å²) in [6, 6.07) is 18.9. The largest absolute Gasteiger partial charge is 0.493 e. The summed E-state index contributed by atoms with van der Waals surface area (Å²) in [6.45, 7) is 1.15. The molecule has 31 heavy (non-hydrogen) atoms. The van der Waals surface area contributed by atoms with E-state index in [4.69, 9.17) is 21.1 Å². The Morgan fingerprint density at radius 1 is 1.00 bits per heavy atom. The summed E-state index contributed by atoms with van der Waals surface area (Å²) in [4.78, 5) is 27.7. The smallest absolute Gasteiger partial charge is 0.252 e. The van der Waals surface area contributed by atoms with Gasteiger partial charge in [-0.15, -0.1) is 0 Å². The molecule has 1 unspecified atom stereocenters. The van der Waals surface area contributed by atoms with Gasteiger partial charge in [-0.05, 0) is 46.5 Å². The fraction of sp³-hybridized carbons (Fsp3) is 0.200. The Morgan fingerprint density at radius 2 is 1.81 bits per heavy atom. The van der Waals surface area contributed by atoms with E-state index >= 15 is 0 Å². The van der Waals surface area contributed by atoms with Crippen LogP contribution in [0.1, 0.15) is 32.6 Å². The molecule has 0 aliphatic carbocycles. The number of fused-ring (bicyclic) bond motifs is 5. The number of ether oxygens (including phenoxy) is 2. The number of amides is 1. The van der Waals surface area contributed by atoms with Gasteiger partial charge >= 0.3 is 0 Å². The van der Waals surface area contributed by atoms with Crippen molar-refractivity contribution in [2.75, 3.05) is 18.1 Å². The van der Waals surface area contributed by atoms with Crippen LogP contribution >= 0.6 is 11.6 Å². The lowest BCUT2D eigenvalue weighted by molar-refractivity contribution is -0.122. The van der Waals surface area contributed by atoms with Crippen molar-refractivity contribution >= 4 is 28.4 Å². The standard InChI is InChI=1S/C25H18ClNO4/c26-23(28)17-6-2-1-5-16(17)13-27-20-8-4-3-7-18(20)25(24(27)29)14-31-22-12-21-15(9-10-30-21)11-19(22)25/h1-8,11-12H,9-10,13-14H2. The fourth-order valence-corrected chi connectivity index (χ4v) is 5.21. The minimum atomic E-state index is -0.899. The Hall–Kier alpha value is -3.31. The van der Waals surface area contributed by atoms with Crippen molar-refractivity contribution in [1.82, 2.24) is 0 Å². The number of nitrogens with zero attached hydrogens (tertiary/aromatic N) is 1. The van der Waals surface area contributed by atoms with Gasteiger partial charge in [0.05, 0.1) is 13.2 Å². The summed E-state index contributed by atoms with van der Waals surface area (Å²) in [5, 5.41) is -0.532. The number of carbonyl (C=O) groups excluding carboxylic acids is 2. The Balaban J connectivity index is 1.50. The highest BCUT2D eigenvalue weighted by molar-refractivity contribution is 6.67. The van der Waals surface area contributed by atoms with Crippen LogP contribution in [0.5, 0.6) is 11.5 Å². The van der Waals surface area contributed by atoms with Gasteiger partial charge in [-0.25, -0.2) is 0 Å². The number of para-hydroxylation sites is 1. The molecule has 0 saturated heterocycles. The van der Waals surface area contributed by atoms with Crippen molar-refractivity contribution in [2.45, 2.75) is 18.4 Å². The summed E-state index contributed by atoms with van der Waals surface area (Å²) in [5.41, 5.74) is 3.97. The number of carbonyl (C=O) groups is 2. The van der Waals surface area contributed by atoms with Crippen LogP contribution in [0.4, 0.5) is 5.69 Å². The molecule has 1 amide bonds. The first-order valence-corrected chi connectivity index (χ1v) is 10.6. The fourth-order valence-electron chi connectivity index (χ4n) is 5.03. The van der Waals surface area contributed by atoms with E-state index in [1.54, 1.807) is 17.0 Å². The van der Waals surface area contributed by atoms with E-state index in [-0.39, 0.29) is 19.1 Å². The van der Waals surface area contributed by atoms with Crippen LogP contribution in [0.2, 0.25) is 0 Å². The minimum Gasteiger partial charge on any atom is -0.493 e. The zero-order valence-electron chi connectivity index (χ0n) is 16.6. The maximum Gasteiger partial charge on any atom is 0.252 e. The van der Waals surface area contributed by atoms with Crippen LogP contribution in [-0.4, -0.2) is 24.4 Å². The molecule has 0 N–H and O–H groups in total. The summed E-state index contributed by atoms with van der Waals surface area (Å²) in [7, 11) is 0. The molecule has 1 spiro atoms. The van der Waals surface area contributed by atoms with Gasteiger partial charge in [0.25, 0.3) is 5.24 Å². The van der Waals surface area contributed by atoms with Crippen LogP contribution in [0, 0.1) is 0 Å². The zero-order chi connectivity index (χ0) is 21.2. The molecule has 0 aromatic heterocycles. The molecule has 3 heterocycles. The van der Waals surface area contributed by atoms with Crippen LogP contribution < -0.4 is 14.4 Å². The highest BCUT2D eigenvalue weighted by Crippen LogP contribution is 2.54. The molecule has 1 atom stereocenters. The van der Waals surface area contributed by atoms with Gasteiger partial charge in [0.15, 0.2) is 0 Å². The van der Waals surface area contributed by atoms with Gasteiger partial charge in [-0.3, -0.25) is 9.59 Å². The van der Waals surface area contributed by atoms with Gasteiger partial charge in [0, 0.05) is 29.3 Å². The quantitative estimate of drug-likeness (QED) is 0.582. The number of hydrogen-bond acceptors (Lipinski definition) is 4. The Labute approximate surface area is 184 Å². The lowest BCUT2D eigenvalue weighted by Gasteiger charge is -2.24. The topological polar surface area (TPSA) is 55.8 Å². The third-order valence-electron chi connectivity index (χ3n) is 6.52. The molecule has 5 nitrogen and oxygen atoms in total. The van der Waals surface area contributed by atoms with Crippen LogP contribution in [0.15, 0.2) is 60.7 Å². The molecule has 6 rings (SSSR count). The van der Waals surface area contributed by atoms with Crippen LogP contribution in [0.3, 0.4) is 0 Å². The van der Waals surface area contributed by atoms with Crippen molar-refractivity contribution < 1.29 is 19.1 Å². The molecule has 154 valence electrons. The first-order chi connectivity index (χ1) is 15.1. The number of rotatable bonds is 3. The van der Waals surface area contributed by atoms with Gasteiger partial charge in [0.1, 0.15) is 23.5 Å². The molecule has 0 bridgehead atoms. The SMILES string of the molecule is O=C(Cl)c1ccccc1CN1C(=O)C2(COc3cc4c(cc32)CCO4)c2ccccc21. The summed E-state index contributed by atoms with van der Waals surface area (Å²) < 4.78 is 11.7. The third kappa shape index (κ3) is 2.50. The molecule has 6 heteroatoms. The average molecular weight is 432 g/mol. The highest BCUT2D eigenvalue weighted by Gasteiger charge is 2.57. The second-order valence-corrected chi connectivity index (χ2v) is 8.43. The summed E-state index contributed by atoms with van der Waals surface area (Å²) in [5.74, 6) is 1.48. The highest BCUT2D eigenvalue weighted by atomic mass is 35.5. The Kier molecular flexibility index (Phi) is 3.93. The molecule has 3 aromatic carbocycles. The van der Waals surface area contributed by atoms with E-state index in [9.17, 15) is 9.59 Å². The van der Waals surface area contributed by atoms with E-state index in [2.05, 4.69) is 6.07 Å². The van der Waals surface area contributed by atoms with E-state index in [0.717, 1.165) is 34.5 Å². The van der Waals surface area contributed by atoms with Gasteiger partial charge < -0.3 is 14.4 Å². The van der Waals surface area contributed by atoms with E-state index in [1.807, 2.05) is 42.5 Å². The predicted molar refractivity (Wildman–Crippen MR) is 116 cm³/mol. The number of benzene rings is 3. The Bertz CT molecular complexity index is 1270. The van der Waals surface area contributed by atoms with Crippen molar-refractivity contribution in [1.29, 1.82) is 0 Å². The van der Waals surface area contributed by atoms with E-state index in [0.29, 0.717) is 23.5 Å². The minimum absolute atomic E-state index is 0.0526. The lowest BCUT2D eigenvalue weighted by atomic mass is 9.76. The molecule has 3 aliphatic rings. The second-order valence-electron chi connectivity index (χ2n) is 8.09. The first-order valence-electron chi connectivity index (χ1n) is 10.2. The molecule has 0 radical (unpaired) electrons. The molecule has 3 aromatic rings. The maximum absolute atomic E-state index is 14.0. The lowest BCUT2D eigenvalue weighted by Crippen LogP contribution is -2.42. The van der Waals surface area contributed by atoms with Crippen molar-refractivity contribution in [3.63, 3.8) is 0 Å². The molecule has 0 saturated carbocycles. The van der Waals surface area contributed by atoms with Gasteiger partial charge in [-0.1, -0.05) is 36.4 Å². The van der Waals surface area contributed by atoms with E-state index < -0.39 is 10.7 Å². The monoisotopic (exact) mass is 431 g/mol. The first kappa shape index (κ1) is 18.5. The number of hydrogen-bond donors (Lipinski definition) is 0. The maximum atomic E-state index is 14.0. The van der Waals surface area contributed by atoms with Gasteiger partial charge in [-0.2, -0.15) is 0 Å². The number of halogens is 1. The second kappa shape index (κ2) is 6.59.